The molecule has 1 unspecified atom stereocenters. The van der Waals surface area contributed by atoms with Crippen LogP contribution in [0.15, 0.2) is 0 Å². The van der Waals surface area contributed by atoms with Gasteiger partial charge in [0.1, 0.15) is 0 Å². The lowest BCUT2D eigenvalue weighted by molar-refractivity contribution is 0.0297. The Balaban J connectivity index is 1.45. The molecule has 0 spiro atoms. The van der Waals surface area contributed by atoms with Crippen LogP contribution >= 0.6 is 0 Å². The Bertz CT molecular complexity index is 217. The maximum absolute atomic E-state index is 5.92. The van der Waals surface area contributed by atoms with Gasteiger partial charge in [0.15, 0.2) is 0 Å². The molecule has 1 aliphatic heterocycles. The van der Waals surface area contributed by atoms with Crippen LogP contribution in [0, 0.1) is 5.92 Å². The Morgan fingerprint density at radius 2 is 1.94 bits per heavy atom. The molecule has 1 saturated heterocycles. The molecule has 0 aromatic carbocycles. The summed E-state index contributed by atoms with van der Waals surface area (Å²) in [6.07, 6.45) is 10.0. The van der Waals surface area contributed by atoms with Crippen molar-refractivity contribution in [2.45, 2.75) is 51.0 Å². The van der Waals surface area contributed by atoms with Crippen molar-refractivity contribution in [3.05, 3.63) is 0 Å². The van der Waals surface area contributed by atoms with E-state index in [0.29, 0.717) is 6.10 Å². The smallest absolute Gasteiger partial charge is 0.0594 e. The van der Waals surface area contributed by atoms with Crippen molar-refractivity contribution in [1.82, 2.24) is 10.2 Å². The van der Waals surface area contributed by atoms with Gasteiger partial charge in [-0.2, -0.15) is 0 Å². The van der Waals surface area contributed by atoms with E-state index in [2.05, 4.69) is 17.3 Å². The van der Waals surface area contributed by atoms with Crippen LogP contribution in [0.25, 0.3) is 0 Å². The summed E-state index contributed by atoms with van der Waals surface area (Å²) in [4.78, 5) is 2.45. The van der Waals surface area contributed by atoms with Gasteiger partial charge < -0.3 is 15.0 Å². The van der Waals surface area contributed by atoms with Gasteiger partial charge in [-0.3, -0.25) is 0 Å². The van der Waals surface area contributed by atoms with E-state index in [-0.39, 0.29) is 0 Å². The second-order valence-corrected chi connectivity index (χ2v) is 6.11. The minimum absolute atomic E-state index is 0.557. The lowest BCUT2D eigenvalue weighted by Crippen LogP contribution is -2.38. The number of rotatable bonds is 6. The fraction of sp³-hybridized carbons (Fsp3) is 1.00. The third kappa shape index (κ3) is 5.25. The summed E-state index contributed by atoms with van der Waals surface area (Å²) in [6, 6.07) is 0. The van der Waals surface area contributed by atoms with Crippen LogP contribution in [0.5, 0.6) is 0 Å². The summed E-state index contributed by atoms with van der Waals surface area (Å²) in [6.45, 7) is 5.63. The summed E-state index contributed by atoms with van der Waals surface area (Å²) in [5, 5.41) is 3.56. The minimum Gasteiger partial charge on any atom is -0.377 e. The van der Waals surface area contributed by atoms with Crippen molar-refractivity contribution in [3.63, 3.8) is 0 Å². The average molecular weight is 254 g/mol. The van der Waals surface area contributed by atoms with E-state index in [4.69, 9.17) is 4.74 Å². The summed E-state index contributed by atoms with van der Waals surface area (Å²) in [5.41, 5.74) is 0. The Morgan fingerprint density at radius 3 is 2.72 bits per heavy atom. The van der Waals surface area contributed by atoms with Crippen molar-refractivity contribution in [2.75, 3.05) is 39.8 Å². The first kappa shape index (κ1) is 14.3. The molecule has 18 heavy (non-hydrogen) atoms. The zero-order chi connectivity index (χ0) is 12.6. The molecule has 3 nitrogen and oxygen atoms in total. The average Bonchev–Trinajstić information content (AvgIpc) is 2.40. The molecule has 0 amide bonds. The standard InChI is InChI=1S/C15H30N2O/c1-17-10-5-6-14(13-17)12-16-9-11-18-15-7-3-2-4-8-15/h14-16H,2-13H2,1H3. The van der Waals surface area contributed by atoms with Crippen molar-refractivity contribution in [2.24, 2.45) is 5.92 Å². The third-order valence-corrected chi connectivity index (χ3v) is 4.34. The number of nitrogens with zero attached hydrogens (tertiary/aromatic N) is 1. The van der Waals surface area contributed by atoms with Crippen LogP contribution in [0.3, 0.4) is 0 Å². The molecule has 1 saturated carbocycles. The van der Waals surface area contributed by atoms with Gasteiger partial charge in [-0.05, 0) is 51.7 Å². The largest absolute Gasteiger partial charge is 0.377 e. The molecule has 0 bridgehead atoms. The zero-order valence-corrected chi connectivity index (χ0v) is 12.0. The number of piperidine rings is 1. The van der Waals surface area contributed by atoms with Crippen molar-refractivity contribution >= 4 is 0 Å². The van der Waals surface area contributed by atoms with Crippen molar-refractivity contribution in [1.29, 1.82) is 0 Å². The summed E-state index contributed by atoms with van der Waals surface area (Å²) in [7, 11) is 2.23. The Labute approximate surface area is 112 Å². The Morgan fingerprint density at radius 1 is 1.11 bits per heavy atom. The topological polar surface area (TPSA) is 24.5 Å². The lowest BCUT2D eigenvalue weighted by atomic mass is 9.98. The lowest BCUT2D eigenvalue weighted by Gasteiger charge is -2.29. The molecule has 106 valence electrons. The fourth-order valence-corrected chi connectivity index (χ4v) is 3.28. The maximum atomic E-state index is 5.92. The highest BCUT2D eigenvalue weighted by Crippen LogP contribution is 2.19. The molecule has 2 fully saturated rings. The van der Waals surface area contributed by atoms with E-state index in [0.717, 1.165) is 19.1 Å². The van der Waals surface area contributed by atoms with Gasteiger partial charge >= 0.3 is 0 Å². The van der Waals surface area contributed by atoms with Gasteiger partial charge in [0.05, 0.1) is 12.7 Å². The van der Waals surface area contributed by atoms with Gasteiger partial charge in [-0.1, -0.05) is 19.3 Å². The summed E-state index contributed by atoms with van der Waals surface area (Å²) >= 11 is 0. The zero-order valence-electron chi connectivity index (χ0n) is 12.0. The van der Waals surface area contributed by atoms with Crippen LogP contribution in [-0.2, 0) is 4.74 Å². The minimum atomic E-state index is 0.557. The van der Waals surface area contributed by atoms with Crippen molar-refractivity contribution in [3.8, 4) is 0 Å². The van der Waals surface area contributed by atoms with Gasteiger partial charge in [0, 0.05) is 13.1 Å². The molecule has 3 heteroatoms. The van der Waals surface area contributed by atoms with Gasteiger partial charge in [-0.15, -0.1) is 0 Å². The predicted molar refractivity (Wildman–Crippen MR) is 75.9 cm³/mol. The Kier molecular flexibility index (Phi) is 6.46. The molecule has 0 aromatic heterocycles. The third-order valence-electron chi connectivity index (χ3n) is 4.34. The van der Waals surface area contributed by atoms with Crippen LogP contribution < -0.4 is 5.32 Å². The molecule has 1 atom stereocenters. The van der Waals surface area contributed by atoms with Crippen LogP contribution in [0.4, 0.5) is 0 Å². The number of likely N-dealkylation sites (tertiary alicyclic amines) is 1. The molecular formula is C15H30N2O. The van der Waals surface area contributed by atoms with Gasteiger partial charge in [0.2, 0.25) is 0 Å². The number of hydrogen-bond acceptors (Lipinski definition) is 3. The molecule has 0 aromatic rings. The monoisotopic (exact) mass is 254 g/mol. The summed E-state index contributed by atoms with van der Waals surface area (Å²) in [5.74, 6) is 0.846. The van der Waals surface area contributed by atoms with Crippen LogP contribution in [0.2, 0.25) is 0 Å². The highest BCUT2D eigenvalue weighted by molar-refractivity contribution is 4.72. The van der Waals surface area contributed by atoms with Crippen LogP contribution in [-0.4, -0.2) is 50.8 Å². The number of hydrogen-bond donors (Lipinski definition) is 1. The van der Waals surface area contributed by atoms with Crippen LogP contribution in [0.1, 0.15) is 44.9 Å². The highest BCUT2D eigenvalue weighted by Gasteiger charge is 2.16. The first-order valence-electron chi connectivity index (χ1n) is 7.85. The van der Waals surface area contributed by atoms with Crippen molar-refractivity contribution < 1.29 is 4.74 Å². The summed E-state index contributed by atoms with van der Waals surface area (Å²) < 4.78 is 5.92. The van der Waals surface area contributed by atoms with E-state index < -0.39 is 0 Å². The molecule has 0 radical (unpaired) electrons. The molecule has 1 N–H and O–H groups in total. The molecule has 1 aliphatic carbocycles. The number of nitrogens with one attached hydrogen (secondary N) is 1. The fourth-order valence-electron chi connectivity index (χ4n) is 3.28. The Hall–Kier alpha value is -0.120. The molecular weight excluding hydrogens is 224 g/mol. The SMILES string of the molecule is CN1CCCC(CNCCOC2CCCCC2)C1. The quantitative estimate of drug-likeness (QED) is 0.736. The van der Waals surface area contributed by atoms with Gasteiger partial charge in [-0.25, -0.2) is 0 Å². The van der Waals surface area contributed by atoms with Gasteiger partial charge in [0.25, 0.3) is 0 Å². The molecule has 2 rings (SSSR count). The molecule has 2 aliphatic rings. The number of ether oxygens (including phenoxy) is 1. The van der Waals surface area contributed by atoms with E-state index in [1.54, 1.807) is 0 Å². The first-order chi connectivity index (χ1) is 8.84. The van der Waals surface area contributed by atoms with E-state index in [9.17, 15) is 0 Å². The maximum Gasteiger partial charge on any atom is 0.0594 e. The second-order valence-electron chi connectivity index (χ2n) is 6.11. The van der Waals surface area contributed by atoms with E-state index in [1.165, 1.54) is 64.6 Å². The van der Waals surface area contributed by atoms with E-state index in [1.807, 2.05) is 0 Å². The van der Waals surface area contributed by atoms with E-state index >= 15 is 0 Å². The first-order valence-corrected chi connectivity index (χ1v) is 7.85. The highest BCUT2D eigenvalue weighted by atomic mass is 16.5. The predicted octanol–water partition coefficient (Wildman–Crippen LogP) is 2.27. The second kappa shape index (κ2) is 8.13. The normalized spacial score (nSPS) is 27.5. The molecule has 1 heterocycles.